The summed E-state index contributed by atoms with van der Waals surface area (Å²) in [6.07, 6.45) is 0.165. The third kappa shape index (κ3) is 6.36. The average molecular weight is 435 g/mol. The molecule has 0 bridgehead atoms. The summed E-state index contributed by atoms with van der Waals surface area (Å²) < 4.78 is 0. The first-order chi connectivity index (χ1) is 12.2. The number of benzene rings is 2. The number of carboxylic acid groups (broad SMARTS) is 1. The van der Waals surface area contributed by atoms with Crippen molar-refractivity contribution in [1.82, 2.24) is 5.32 Å². The van der Waals surface area contributed by atoms with Crippen molar-refractivity contribution in [3.8, 4) is 0 Å². The molecule has 4 nitrogen and oxygen atoms in total. The second-order valence-electron chi connectivity index (χ2n) is 5.74. The molecule has 0 aliphatic rings. The van der Waals surface area contributed by atoms with Gasteiger partial charge in [0.15, 0.2) is 0 Å². The van der Waals surface area contributed by atoms with Gasteiger partial charge in [-0.05, 0) is 41.8 Å². The molecule has 2 N–H and O–H groups in total. The third-order valence-corrected chi connectivity index (χ3v) is 5.08. The van der Waals surface area contributed by atoms with Gasteiger partial charge in [-0.25, -0.2) is 0 Å². The van der Waals surface area contributed by atoms with Crippen molar-refractivity contribution in [2.75, 3.05) is 0 Å². The normalized spacial score (nSPS) is 11.8. The summed E-state index contributed by atoms with van der Waals surface area (Å²) >= 11 is 23.7. The van der Waals surface area contributed by atoms with Gasteiger partial charge < -0.3 is 10.4 Å². The van der Waals surface area contributed by atoms with E-state index >= 15 is 0 Å². The summed E-state index contributed by atoms with van der Waals surface area (Å²) in [6, 6.07) is 9.36. The second-order valence-corrected chi connectivity index (χ2v) is 7.37. The molecule has 0 spiro atoms. The molecule has 138 valence electrons. The van der Waals surface area contributed by atoms with E-state index in [2.05, 4.69) is 5.32 Å². The largest absolute Gasteiger partial charge is 0.481 e. The SMILES string of the molecule is O=C(O)CC(Cc1ccc(Cl)c(Cl)c1)NC(=O)Cc1ccc(Cl)c(Cl)c1. The van der Waals surface area contributed by atoms with Crippen molar-refractivity contribution in [1.29, 1.82) is 0 Å². The Labute approximate surface area is 171 Å². The molecule has 0 radical (unpaired) electrons. The van der Waals surface area contributed by atoms with Crippen LogP contribution in [0.15, 0.2) is 36.4 Å². The Morgan fingerprint density at radius 2 is 1.42 bits per heavy atom. The molecule has 2 rings (SSSR count). The fourth-order valence-electron chi connectivity index (χ4n) is 2.45. The lowest BCUT2D eigenvalue weighted by atomic mass is 10.0. The van der Waals surface area contributed by atoms with Crippen LogP contribution in [0.3, 0.4) is 0 Å². The number of hydrogen-bond donors (Lipinski definition) is 2. The fourth-order valence-corrected chi connectivity index (χ4v) is 3.09. The first kappa shape index (κ1) is 20.8. The number of rotatable bonds is 7. The number of carboxylic acids is 1. The summed E-state index contributed by atoms with van der Waals surface area (Å²) in [5.41, 5.74) is 1.46. The zero-order chi connectivity index (χ0) is 19.3. The van der Waals surface area contributed by atoms with E-state index in [1.165, 1.54) is 0 Å². The van der Waals surface area contributed by atoms with E-state index in [0.29, 0.717) is 32.1 Å². The quantitative estimate of drug-likeness (QED) is 0.640. The predicted octanol–water partition coefficient (Wildman–Crippen LogP) is 5.04. The molecular weight excluding hydrogens is 420 g/mol. The van der Waals surface area contributed by atoms with Gasteiger partial charge >= 0.3 is 5.97 Å². The van der Waals surface area contributed by atoms with Crippen LogP contribution in [0.25, 0.3) is 0 Å². The Morgan fingerprint density at radius 3 is 1.96 bits per heavy atom. The molecule has 26 heavy (non-hydrogen) atoms. The van der Waals surface area contributed by atoms with Crippen LogP contribution in [-0.2, 0) is 22.4 Å². The molecule has 0 aromatic heterocycles. The Morgan fingerprint density at radius 1 is 0.885 bits per heavy atom. The summed E-state index contributed by atoms with van der Waals surface area (Å²) in [5.74, 6) is -1.32. The lowest BCUT2D eigenvalue weighted by Gasteiger charge is -2.17. The molecule has 0 heterocycles. The highest BCUT2D eigenvalue weighted by molar-refractivity contribution is 6.42. The molecule has 2 aromatic rings. The second kappa shape index (κ2) is 9.47. The highest BCUT2D eigenvalue weighted by Crippen LogP contribution is 2.24. The topological polar surface area (TPSA) is 66.4 Å². The first-order valence-electron chi connectivity index (χ1n) is 7.63. The molecule has 0 aliphatic carbocycles. The van der Waals surface area contributed by atoms with E-state index in [9.17, 15) is 9.59 Å². The number of nitrogens with one attached hydrogen (secondary N) is 1. The summed E-state index contributed by atoms with van der Waals surface area (Å²) in [4.78, 5) is 23.4. The average Bonchev–Trinajstić information content (AvgIpc) is 2.53. The molecule has 1 unspecified atom stereocenters. The van der Waals surface area contributed by atoms with E-state index in [0.717, 1.165) is 5.56 Å². The van der Waals surface area contributed by atoms with Crippen molar-refractivity contribution in [2.24, 2.45) is 0 Å². The Hall–Kier alpha value is -1.46. The lowest BCUT2D eigenvalue weighted by molar-refractivity contribution is -0.137. The van der Waals surface area contributed by atoms with Gasteiger partial charge in [-0.15, -0.1) is 0 Å². The molecule has 1 amide bonds. The van der Waals surface area contributed by atoms with Gasteiger partial charge in [0.05, 0.1) is 32.9 Å². The minimum Gasteiger partial charge on any atom is -0.481 e. The highest BCUT2D eigenvalue weighted by Gasteiger charge is 2.18. The standard InChI is InChI=1S/C18H15Cl4NO3/c19-13-3-1-10(6-15(13)21)5-12(9-18(25)26)23-17(24)8-11-2-4-14(20)16(22)7-11/h1-4,6-7,12H,5,8-9H2,(H,23,24)(H,25,26). The molecule has 0 saturated heterocycles. The molecule has 1 atom stereocenters. The van der Waals surface area contributed by atoms with Crippen LogP contribution in [0.2, 0.25) is 20.1 Å². The van der Waals surface area contributed by atoms with E-state index in [4.69, 9.17) is 51.5 Å². The van der Waals surface area contributed by atoms with Crippen LogP contribution < -0.4 is 5.32 Å². The number of carbonyl (C=O) groups is 2. The van der Waals surface area contributed by atoms with Crippen LogP contribution in [-0.4, -0.2) is 23.0 Å². The summed E-state index contributed by atoms with van der Waals surface area (Å²) in [5, 5.41) is 13.4. The first-order valence-corrected chi connectivity index (χ1v) is 9.15. The smallest absolute Gasteiger partial charge is 0.305 e. The van der Waals surface area contributed by atoms with Crippen LogP contribution in [0.5, 0.6) is 0 Å². The van der Waals surface area contributed by atoms with Crippen molar-refractivity contribution in [3.05, 3.63) is 67.6 Å². The Kier molecular flexibility index (Phi) is 7.59. The van der Waals surface area contributed by atoms with Crippen molar-refractivity contribution < 1.29 is 14.7 Å². The van der Waals surface area contributed by atoms with Gasteiger partial charge in [0.1, 0.15) is 0 Å². The van der Waals surface area contributed by atoms with Crippen molar-refractivity contribution in [2.45, 2.75) is 25.3 Å². The fraction of sp³-hybridized carbons (Fsp3) is 0.222. The van der Waals surface area contributed by atoms with Crippen LogP contribution in [0.1, 0.15) is 17.5 Å². The maximum absolute atomic E-state index is 12.3. The number of amides is 1. The van der Waals surface area contributed by atoms with Crippen molar-refractivity contribution in [3.63, 3.8) is 0 Å². The van der Waals surface area contributed by atoms with Crippen LogP contribution >= 0.6 is 46.4 Å². The van der Waals surface area contributed by atoms with Gasteiger partial charge in [-0.1, -0.05) is 58.5 Å². The van der Waals surface area contributed by atoms with Crippen LogP contribution in [0, 0.1) is 0 Å². The van der Waals surface area contributed by atoms with Crippen LogP contribution in [0.4, 0.5) is 0 Å². The van der Waals surface area contributed by atoms with E-state index in [1.807, 2.05) is 0 Å². The Balaban J connectivity index is 2.05. The van der Waals surface area contributed by atoms with Gasteiger partial charge in [-0.3, -0.25) is 9.59 Å². The third-order valence-electron chi connectivity index (χ3n) is 3.60. The minimum absolute atomic E-state index is 0.0639. The minimum atomic E-state index is -1.01. The van der Waals surface area contributed by atoms with Gasteiger partial charge in [0.25, 0.3) is 0 Å². The summed E-state index contributed by atoms with van der Waals surface area (Å²) in [7, 11) is 0. The molecule has 0 fully saturated rings. The molecule has 0 saturated carbocycles. The number of carbonyl (C=O) groups excluding carboxylic acids is 1. The van der Waals surface area contributed by atoms with Gasteiger partial charge in [0.2, 0.25) is 5.91 Å². The number of halogens is 4. The van der Waals surface area contributed by atoms with Crippen molar-refractivity contribution >= 4 is 58.3 Å². The number of aliphatic carboxylic acids is 1. The Bertz CT molecular complexity index is 826. The van der Waals surface area contributed by atoms with E-state index in [-0.39, 0.29) is 18.7 Å². The maximum atomic E-state index is 12.3. The maximum Gasteiger partial charge on any atom is 0.305 e. The summed E-state index contributed by atoms with van der Waals surface area (Å²) in [6.45, 7) is 0. The van der Waals surface area contributed by atoms with Gasteiger partial charge in [0, 0.05) is 6.04 Å². The molecular formula is C18H15Cl4NO3. The predicted molar refractivity (Wildman–Crippen MR) is 105 cm³/mol. The van der Waals surface area contributed by atoms with E-state index < -0.39 is 12.0 Å². The zero-order valence-corrected chi connectivity index (χ0v) is 16.5. The zero-order valence-electron chi connectivity index (χ0n) is 13.4. The number of hydrogen-bond acceptors (Lipinski definition) is 2. The van der Waals surface area contributed by atoms with Gasteiger partial charge in [-0.2, -0.15) is 0 Å². The molecule has 2 aromatic carbocycles. The molecule has 0 aliphatic heterocycles. The molecule has 8 heteroatoms. The highest BCUT2D eigenvalue weighted by atomic mass is 35.5. The van der Waals surface area contributed by atoms with E-state index in [1.54, 1.807) is 36.4 Å². The lowest BCUT2D eigenvalue weighted by Crippen LogP contribution is -2.39. The monoisotopic (exact) mass is 433 g/mol.